The molecule has 1 unspecified atom stereocenters. The van der Waals surface area contributed by atoms with E-state index in [1.54, 1.807) is 18.2 Å². The van der Waals surface area contributed by atoms with E-state index in [-0.39, 0.29) is 47.1 Å². The molecular formula is C27H30Cl2N4O7S2. The van der Waals surface area contributed by atoms with Crippen LogP contribution in [-0.2, 0) is 20.0 Å². The number of rotatable bonds is 11. The number of sulfonamides is 2. The van der Waals surface area contributed by atoms with Gasteiger partial charge in [0.05, 0.1) is 28.1 Å². The fraction of sp³-hybridized carbons (Fsp3) is 0.296. The first-order chi connectivity index (χ1) is 19.9. The first-order valence-electron chi connectivity index (χ1n) is 12.9. The summed E-state index contributed by atoms with van der Waals surface area (Å²) in [4.78, 5) is 14.8. The summed E-state index contributed by atoms with van der Waals surface area (Å²) in [7, 11) is -7.91. The number of benzene rings is 3. The van der Waals surface area contributed by atoms with Gasteiger partial charge in [-0.3, -0.25) is 4.79 Å². The van der Waals surface area contributed by atoms with E-state index in [0.717, 1.165) is 5.69 Å². The van der Waals surface area contributed by atoms with Gasteiger partial charge in [0.25, 0.3) is 5.91 Å². The molecule has 0 aliphatic carbocycles. The fourth-order valence-electron chi connectivity index (χ4n) is 4.38. The number of hydrogen-bond acceptors (Lipinski definition) is 8. The Bertz CT molecular complexity index is 1610. The number of piperazine rings is 1. The van der Waals surface area contributed by atoms with Crippen LogP contribution < -0.4 is 14.9 Å². The Balaban J connectivity index is 1.41. The predicted octanol–water partition coefficient (Wildman–Crippen LogP) is 2.78. The van der Waals surface area contributed by atoms with Crippen molar-refractivity contribution in [3.05, 3.63) is 82.3 Å². The highest BCUT2D eigenvalue weighted by molar-refractivity contribution is 7.89. The van der Waals surface area contributed by atoms with Gasteiger partial charge in [0.1, 0.15) is 0 Å². The Morgan fingerprint density at radius 1 is 0.905 bits per heavy atom. The van der Waals surface area contributed by atoms with Gasteiger partial charge in [-0.05, 0) is 61.0 Å². The third-order valence-corrected chi connectivity index (χ3v) is 10.5. The molecule has 1 aliphatic rings. The van der Waals surface area contributed by atoms with Gasteiger partial charge in [-0.1, -0.05) is 35.3 Å². The van der Waals surface area contributed by atoms with E-state index in [1.807, 2.05) is 4.90 Å². The largest absolute Gasteiger partial charge is 0.394 e. The molecule has 3 aromatic rings. The van der Waals surface area contributed by atoms with Crippen LogP contribution in [0.3, 0.4) is 0 Å². The molecule has 4 rings (SSSR count). The van der Waals surface area contributed by atoms with Crippen molar-refractivity contribution in [1.29, 1.82) is 0 Å². The average Bonchev–Trinajstić information content (AvgIpc) is 2.97. The van der Waals surface area contributed by atoms with Crippen LogP contribution in [0.1, 0.15) is 16.8 Å². The molecule has 0 spiro atoms. The number of halogens is 2. The van der Waals surface area contributed by atoms with E-state index >= 15 is 0 Å². The molecular weight excluding hydrogens is 627 g/mol. The maximum atomic E-state index is 13.3. The van der Waals surface area contributed by atoms with Crippen LogP contribution in [0.5, 0.6) is 0 Å². The van der Waals surface area contributed by atoms with Crippen molar-refractivity contribution >= 4 is 60.5 Å². The number of amides is 1. The third kappa shape index (κ3) is 7.79. The molecule has 1 aliphatic heterocycles. The van der Waals surface area contributed by atoms with E-state index < -0.39 is 38.7 Å². The van der Waals surface area contributed by atoms with Gasteiger partial charge < -0.3 is 20.4 Å². The Kier molecular flexibility index (Phi) is 10.5. The van der Waals surface area contributed by atoms with Crippen molar-refractivity contribution in [3.8, 4) is 0 Å². The molecule has 0 aromatic heterocycles. The molecule has 1 amide bonds. The number of nitrogens with one attached hydrogen (secondary N) is 2. The number of anilines is 2. The quantitative estimate of drug-likeness (QED) is 0.245. The lowest BCUT2D eigenvalue weighted by Gasteiger charge is -2.35. The Hall–Kier alpha value is -2.75. The van der Waals surface area contributed by atoms with E-state index in [1.165, 1.54) is 52.8 Å². The minimum atomic E-state index is -4.10. The number of nitrogens with zero attached hydrogens (tertiary/aromatic N) is 2. The van der Waals surface area contributed by atoms with E-state index in [2.05, 4.69) is 10.0 Å². The zero-order valence-electron chi connectivity index (χ0n) is 22.3. The zero-order valence-corrected chi connectivity index (χ0v) is 25.4. The smallest absolute Gasteiger partial charge is 0.257 e. The van der Waals surface area contributed by atoms with Crippen molar-refractivity contribution in [1.82, 2.24) is 9.03 Å². The number of hydrogen-bond donors (Lipinski definition) is 4. The topological polar surface area (TPSA) is 156 Å². The van der Waals surface area contributed by atoms with Crippen molar-refractivity contribution in [2.75, 3.05) is 49.5 Å². The monoisotopic (exact) mass is 656 g/mol. The average molecular weight is 658 g/mol. The van der Waals surface area contributed by atoms with Gasteiger partial charge in [-0.15, -0.1) is 0 Å². The van der Waals surface area contributed by atoms with Crippen LogP contribution in [0, 0.1) is 0 Å². The van der Waals surface area contributed by atoms with Gasteiger partial charge >= 0.3 is 0 Å². The third-order valence-electron chi connectivity index (χ3n) is 6.60. The lowest BCUT2D eigenvalue weighted by Crippen LogP contribution is -2.48. The summed E-state index contributed by atoms with van der Waals surface area (Å²) in [5.41, 5.74) is 0.964. The van der Waals surface area contributed by atoms with Crippen molar-refractivity contribution in [2.45, 2.75) is 22.3 Å². The number of aliphatic hydroxyl groups is 2. The van der Waals surface area contributed by atoms with Crippen LogP contribution in [0.4, 0.5) is 11.4 Å². The maximum absolute atomic E-state index is 13.3. The Labute approximate surface area is 254 Å². The van der Waals surface area contributed by atoms with Crippen molar-refractivity contribution in [3.63, 3.8) is 0 Å². The summed E-state index contributed by atoms with van der Waals surface area (Å²) in [6.07, 6.45) is -1.08. The first kappa shape index (κ1) is 32.2. The van der Waals surface area contributed by atoms with Crippen molar-refractivity contribution < 1.29 is 31.8 Å². The van der Waals surface area contributed by atoms with Crippen molar-refractivity contribution in [2.24, 2.45) is 0 Å². The second-order valence-corrected chi connectivity index (χ2v) is 14.1. The molecule has 3 aromatic carbocycles. The maximum Gasteiger partial charge on any atom is 0.257 e. The summed E-state index contributed by atoms with van der Waals surface area (Å²) in [6.45, 7) is 0.760. The Morgan fingerprint density at radius 3 is 2.14 bits per heavy atom. The summed E-state index contributed by atoms with van der Waals surface area (Å²) in [5, 5.41) is 22.0. The van der Waals surface area contributed by atoms with Crippen LogP contribution >= 0.6 is 23.2 Å². The lowest BCUT2D eigenvalue weighted by molar-refractivity contribution is 0.0895. The SMILES string of the molecule is O=C(Nc1ccc(S(=O)(=O)N2CCN(c3cc(Cl)cc(Cl)c3)CC2)cc1)c1ccccc1S(=O)(=O)NCCC(O)CO. The minimum Gasteiger partial charge on any atom is -0.394 e. The summed E-state index contributed by atoms with van der Waals surface area (Å²) in [6, 6.07) is 16.4. The molecule has 4 N–H and O–H groups in total. The molecule has 42 heavy (non-hydrogen) atoms. The van der Waals surface area contributed by atoms with E-state index in [0.29, 0.717) is 23.1 Å². The molecule has 0 radical (unpaired) electrons. The normalized spacial score (nSPS) is 15.4. The predicted molar refractivity (Wildman–Crippen MR) is 161 cm³/mol. The molecule has 1 saturated heterocycles. The molecule has 1 atom stereocenters. The molecule has 1 heterocycles. The van der Waals surface area contributed by atoms with Crippen LogP contribution in [0.25, 0.3) is 0 Å². The standard InChI is InChI=1S/C27H30Cl2N4O7S2/c28-19-15-20(29)17-22(16-19)32-11-13-33(14-12-32)42(39,40)24-7-5-21(6-8-24)31-27(36)25-3-1-2-4-26(25)41(37,38)30-10-9-23(35)18-34/h1-8,15-17,23,30,34-35H,9-14,18H2,(H,31,36). The fourth-order valence-corrected chi connectivity index (χ4v) is 7.57. The van der Waals surface area contributed by atoms with E-state index in [9.17, 15) is 26.7 Å². The molecule has 0 bridgehead atoms. The summed E-state index contributed by atoms with van der Waals surface area (Å²) in [5.74, 6) is -0.709. The minimum absolute atomic E-state index is 0.00813. The zero-order chi connectivity index (χ0) is 30.5. The van der Waals surface area contributed by atoms with Crippen LogP contribution in [-0.4, -0.2) is 82.7 Å². The number of aliphatic hydroxyl groups excluding tert-OH is 2. The summed E-state index contributed by atoms with van der Waals surface area (Å²) < 4.78 is 55.8. The van der Waals surface area contributed by atoms with E-state index in [4.69, 9.17) is 28.3 Å². The van der Waals surface area contributed by atoms with Crippen LogP contribution in [0.15, 0.2) is 76.5 Å². The van der Waals surface area contributed by atoms with Gasteiger partial charge in [0, 0.05) is 54.1 Å². The highest BCUT2D eigenvalue weighted by Crippen LogP contribution is 2.28. The lowest BCUT2D eigenvalue weighted by atomic mass is 10.2. The van der Waals surface area contributed by atoms with Gasteiger partial charge in [-0.25, -0.2) is 21.6 Å². The Morgan fingerprint density at radius 2 is 1.52 bits per heavy atom. The van der Waals surface area contributed by atoms with Gasteiger partial charge in [0.2, 0.25) is 20.0 Å². The molecule has 15 heteroatoms. The highest BCUT2D eigenvalue weighted by atomic mass is 35.5. The highest BCUT2D eigenvalue weighted by Gasteiger charge is 2.29. The molecule has 1 fully saturated rings. The van der Waals surface area contributed by atoms with Gasteiger partial charge in [-0.2, -0.15) is 4.31 Å². The van der Waals surface area contributed by atoms with Crippen LogP contribution in [0.2, 0.25) is 10.0 Å². The molecule has 11 nitrogen and oxygen atoms in total. The molecule has 0 saturated carbocycles. The van der Waals surface area contributed by atoms with Gasteiger partial charge in [0.15, 0.2) is 0 Å². The number of carbonyl (C=O) groups is 1. The molecule has 226 valence electrons. The number of carbonyl (C=O) groups excluding carboxylic acids is 1. The second-order valence-electron chi connectivity index (χ2n) is 9.52. The first-order valence-corrected chi connectivity index (χ1v) is 16.6. The second kappa shape index (κ2) is 13.7. The summed E-state index contributed by atoms with van der Waals surface area (Å²) >= 11 is 12.2.